The van der Waals surface area contributed by atoms with E-state index in [2.05, 4.69) is 40.6 Å². The molecule has 2 aliphatic rings. The van der Waals surface area contributed by atoms with Crippen LogP contribution in [-0.2, 0) is 29.0 Å². The zero-order valence-electron chi connectivity index (χ0n) is 22.2. The molecule has 2 aromatic carbocycles. The van der Waals surface area contributed by atoms with Crippen molar-refractivity contribution in [2.75, 3.05) is 51.3 Å². The molecule has 202 valence electrons. The lowest BCUT2D eigenvalue weighted by molar-refractivity contribution is -0.133. The fourth-order valence-electron chi connectivity index (χ4n) is 4.89. The smallest absolute Gasteiger partial charge is 0.242 e. The number of aliphatic imine (C=N–C) groups is 1. The highest BCUT2D eigenvalue weighted by molar-refractivity contribution is 7.16. The first-order valence-corrected chi connectivity index (χ1v) is 14.2. The topological polar surface area (TPSA) is 90.2 Å². The number of anilines is 1. The molecule has 0 bridgehead atoms. The van der Waals surface area contributed by atoms with Gasteiger partial charge in [0.1, 0.15) is 16.8 Å². The number of fused-ring (bicyclic) bond motifs is 1. The van der Waals surface area contributed by atoms with Gasteiger partial charge >= 0.3 is 0 Å². The highest BCUT2D eigenvalue weighted by Gasteiger charge is 2.24. The second kappa shape index (κ2) is 12.9. The maximum absolute atomic E-state index is 12.5. The van der Waals surface area contributed by atoms with Gasteiger partial charge in [0.25, 0.3) is 0 Å². The molecule has 0 spiro atoms. The number of amides is 1. The molecule has 5 rings (SSSR count). The molecule has 39 heavy (non-hydrogen) atoms. The lowest BCUT2D eigenvalue weighted by atomic mass is 10.0. The minimum atomic E-state index is 0.0411. The molecule has 0 aliphatic carbocycles. The van der Waals surface area contributed by atoms with E-state index >= 15 is 0 Å². The van der Waals surface area contributed by atoms with E-state index in [1.807, 2.05) is 36.1 Å². The Hall–Kier alpha value is -3.71. The minimum absolute atomic E-state index is 0.0411. The average molecular weight is 544 g/mol. The number of nitrogens with one attached hydrogen (secondary N) is 1. The summed E-state index contributed by atoms with van der Waals surface area (Å²) < 4.78 is 11.2. The second-order valence-electron chi connectivity index (χ2n) is 9.54. The summed E-state index contributed by atoms with van der Waals surface area (Å²) in [4.78, 5) is 22.7. The largest absolute Gasteiger partial charge is 0.492 e. The third-order valence-corrected chi connectivity index (χ3v) is 8.03. The molecule has 1 aromatic heterocycles. The number of thiophene rings is 1. The van der Waals surface area contributed by atoms with E-state index in [9.17, 15) is 10.1 Å². The van der Waals surface area contributed by atoms with Crippen LogP contribution >= 0.6 is 11.3 Å². The van der Waals surface area contributed by atoms with E-state index in [0.717, 1.165) is 47.9 Å². The van der Waals surface area contributed by atoms with Gasteiger partial charge < -0.3 is 19.7 Å². The van der Waals surface area contributed by atoms with Crippen molar-refractivity contribution in [2.45, 2.75) is 26.4 Å². The number of carbonyl (C=O) groups is 1. The number of hydrogen-bond donors (Lipinski definition) is 1. The monoisotopic (exact) mass is 543 g/mol. The van der Waals surface area contributed by atoms with Gasteiger partial charge in [-0.25, -0.2) is 4.99 Å². The number of rotatable bonds is 9. The van der Waals surface area contributed by atoms with Gasteiger partial charge in [-0.2, -0.15) is 5.26 Å². The van der Waals surface area contributed by atoms with Crippen molar-refractivity contribution in [3.05, 3.63) is 75.7 Å². The lowest BCUT2D eigenvalue weighted by Crippen LogP contribution is -2.43. The molecule has 1 amide bonds. The number of nitriles is 1. The van der Waals surface area contributed by atoms with Crippen molar-refractivity contribution in [3.8, 4) is 11.8 Å². The van der Waals surface area contributed by atoms with Crippen molar-refractivity contribution < 1.29 is 14.3 Å². The standard InChI is InChI=1S/C30H33N5O3S/c1-2-38-27-16-23(8-9-26(27)32-19-29(36)35-12-14-37-15-13-35)18-33-30-25(17-31)24-10-11-34(21-28(24)39-30)20-22-6-4-3-5-7-22/h3-9,16,18,32H,2,10-15,19-21H2,1H3. The molecule has 1 fully saturated rings. The Labute approximate surface area is 233 Å². The number of benzene rings is 2. The first-order valence-electron chi connectivity index (χ1n) is 13.4. The molecule has 1 saturated heterocycles. The van der Waals surface area contributed by atoms with Crippen LogP contribution in [0, 0.1) is 11.3 Å². The van der Waals surface area contributed by atoms with Crippen LogP contribution in [0.4, 0.5) is 10.7 Å². The van der Waals surface area contributed by atoms with Crippen LogP contribution in [0.5, 0.6) is 5.75 Å². The molecule has 3 heterocycles. The summed E-state index contributed by atoms with van der Waals surface area (Å²) >= 11 is 1.61. The Kier molecular flexibility index (Phi) is 8.89. The summed E-state index contributed by atoms with van der Waals surface area (Å²) in [5.41, 5.74) is 4.75. The second-order valence-corrected chi connectivity index (χ2v) is 10.6. The molecular weight excluding hydrogens is 510 g/mol. The van der Waals surface area contributed by atoms with Crippen LogP contribution in [0.1, 0.15) is 34.1 Å². The van der Waals surface area contributed by atoms with Crippen molar-refractivity contribution in [1.29, 1.82) is 5.26 Å². The maximum atomic E-state index is 12.5. The Morgan fingerprint density at radius 2 is 2.03 bits per heavy atom. The van der Waals surface area contributed by atoms with E-state index in [1.165, 1.54) is 10.4 Å². The average Bonchev–Trinajstić information content (AvgIpc) is 3.33. The van der Waals surface area contributed by atoms with Gasteiger partial charge in [-0.05, 0) is 42.2 Å². The van der Waals surface area contributed by atoms with Gasteiger partial charge in [0.2, 0.25) is 5.91 Å². The molecule has 0 atom stereocenters. The molecular formula is C30H33N5O3S. The van der Waals surface area contributed by atoms with Crippen LogP contribution in [-0.4, -0.2) is 67.9 Å². The van der Waals surface area contributed by atoms with Crippen LogP contribution in [0.25, 0.3) is 0 Å². The Morgan fingerprint density at radius 1 is 1.21 bits per heavy atom. The van der Waals surface area contributed by atoms with Gasteiger partial charge in [-0.15, -0.1) is 11.3 Å². The number of nitrogens with zero attached hydrogens (tertiary/aromatic N) is 4. The summed E-state index contributed by atoms with van der Waals surface area (Å²) in [5.74, 6) is 0.707. The van der Waals surface area contributed by atoms with Crippen LogP contribution in [0.2, 0.25) is 0 Å². The fraction of sp³-hybridized carbons (Fsp3) is 0.367. The zero-order chi connectivity index (χ0) is 27.0. The van der Waals surface area contributed by atoms with E-state index in [4.69, 9.17) is 14.5 Å². The number of carbonyl (C=O) groups excluding carboxylic acids is 1. The third-order valence-electron chi connectivity index (χ3n) is 6.91. The van der Waals surface area contributed by atoms with Crippen LogP contribution in [0.15, 0.2) is 53.5 Å². The Balaban J connectivity index is 1.27. The molecule has 0 saturated carbocycles. The number of morpholine rings is 1. The molecule has 3 aromatic rings. The van der Waals surface area contributed by atoms with Crippen molar-refractivity contribution >= 4 is 34.1 Å². The van der Waals surface area contributed by atoms with E-state index in [0.29, 0.717) is 44.2 Å². The molecule has 0 radical (unpaired) electrons. The normalized spacial score (nSPS) is 15.6. The van der Waals surface area contributed by atoms with E-state index < -0.39 is 0 Å². The van der Waals surface area contributed by atoms with Gasteiger partial charge in [0, 0.05) is 43.8 Å². The van der Waals surface area contributed by atoms with Crippen molar-refractivity contribution in [3.63, 3.8) is 0 Å². The molecule has 8 nitrogen and oxygen atoms in total. The van der Waals surface area contributed by atoms with Gasteiger partial charge in [-0.3, -0.25) is 9.69 Å². The summed E-state index contributed by atoms with van der Waals surface area (Å²) in [7, 11) is 0. The molecule has 2 aliphatic heterocycles. The van der Waals surface area contributed by atoms with E-state index in [-0.39, 0.29) is 12.5 Å². The lowest BCUT2D eigenvalue weighted by Gasteiger charge is -2.27. The van der Waals surface area contributed by atoms with Crippen LogP contribution in [0.3, 0.4) is 0 Å². The first kappa shape index (κ1) is 26.9. The van der Waals surface area contributed by atoms with Crippen molar-refractivity contribution in [2.24, 2.45) is 4.99 Å². The summed E-state index contributed by atoms with van der Waals surface area (Å²) in [6.07, 6.45) is 2.64. The number of ether oxygens (including phenoxy) is 2. The fourth-order valence-corrected chi connectivity index (χ4v) is 6.08. The summed E-state index contributed by atoms with van der Waals surface area (Å²) in [5, 5.41) is 13.9. The number of hydrogen-bond acceptors (Lipinski definition) is 8. The highest BCUT2D eigenvalue weighted by Crippen LogP contribution is 2.39. The predicted octanol–water partition coefficient (Wildman–Crippen LogP) is 4.60. The minimum Gasteiger partial charge on any atom is -0.492 e. The Bertz CT molecular complexity index is 1360. The zero-order valence-corrected chi connectivity index (χ0v) is 23.0. The molecule has 1 N–H and O–H groups in total. The van der Waals surface area contributed by atoms with Gasteiger partial charge in [0.05, 0.1) is 37.6 Å². The van der Waals surface area contributed by atoms with Crippen molar-refractivity contribution in [1.82, 2.24) is 9.80 Å². The highest BCUT2D eigenvalue weighted by atomic mass is 32.1. The first-order chi connectivity index (χ1) is 19.1. The van der Waals surface area contributed by atoms with Crippen LogP contribution < -0.4 is 10.1 Å². The molecule has 9 heteroatoms. The summed E-state index contributed by atoms with van der Waals surface area (Å²) in [6.45, 7) is 7.69. The Morgan fingerprint density at radius 3 is 2.79 bits per heavy atom. The van der Waals surface area contributed by atoms with Gasteiger partial charge in [-0.1, -0.05) is 36.4 Å². The summed E-state index contributed by atoms with van der Waals surface area (Å²) in [6, 6.07) is 18.6. The SMILES string of the molecule is CCOc1cc(C=Nc2sc3c(c2C#N)CCN(Cc2ccccc2)C3)ccc1NCC(=O)N1CCOCC1. The predicted molar refractivity (Wildman–Crippen MR) is 154 cm³/mol. The van der Waals surface area contributed by atoms with E-state index in [1.54, 1.807) is 17.6 Å². The third kappa shape index (κ3) is 6.66. The maximum Gasteiger partial charge on any atom is 0.242 e. The molecule has 0 unspecified atom stereocenters. The quantitative estimate of drug-likeness (QED) is 0.397. The van der Waals surface area contributed by atoms with Gasteiger partial charge in [0.15, 0.2) is 0 Å².